The van der Waals surface area contributed by atoms with Crippen LogP contribution in [0.2, 0.25) is 5.02 Å². The molecule has 1 amide bonds. The van der Waals surface area contributed by atoms with Gasteiger partial charge in [0, 0.05) is 18.1 Å². The van der Waals surface area contributed by atoms with Gasteiger partial charge in [-0.05, 0) is 30.7 Å². The molecule has 1 rings (SSSR count). The Balaban J connectivity index is 2.44. The van der Waals surface area contributed by atoms with Crippen molar-refractivity contribution < 1.29 is 19.1 Å². The van der Waals surface area contributed by atoms with Crippen molar-refractivity contribution in [1.29, 1.82) is 10.5 Å². The molecule has 1 aromatic carbocycles. The van der Waals surface area contributed by atoms with Crippen LogP contribution in [0.5, 0.6) is 5.75 Å². The van der Waals surface area contributed by atoms with Crippen molar-refractivity contribution in [1.82, 2.24) is 4.90 Å². The molecule has 0 saturated carbocycles. The molecule has 8 heteroatoms. The number of benzene rings is 1. The van der Waals surface area contributed by atoms with Crippen molar-refractivity contribution in [3.8, 4) is 17.9 Å². The smallest absolute Gasteiger partial charge is 0.344 e. The van der Waals surface area contributed by atoms with E-state index in [2.05, 4.69) is 0 Å². The minimum Gasteiger partial charge on any atom is -0.482 e. The molecule has 0 aliphatic carbocycles. The summed E-state index contributed by atoms with van der Waals surface area (Å²) in [5.74, 6) is -0.651. The molecule has 7 nitrogen and oxygen atoms in total. The quantitative estimate of drug-likeness (QED) is 0.623. The van der Waals surface area contributed by atoms with Crippen LogP contribution in [0.3, 0.4) is 0 Å². The average Bonchev–Trinajstić information content (AvgIpc) is 2.59. The van der Waals surface area contributed by atoms with Gasteiger partial charge in [0.15, 0.2) is 13.2 Å². The van der Waals surface area contributed by atoms with Crippen LogP contribution < -0.4 is 4.74 Å². The molecule has 0 fully saturated rings. The second-order valence-corrected chi connectivity index (χ2v) is 5.49. The van der Waals surface area contributed by atoms with Crippen molar-refractivity contribution in [3.63, 3.8) is 0 Å². The van der Waals surface area contributed by atoms with Crippen LogP contribution in [-0.2, 0) is 14.3 Å². The Hall–Kier alpha value is -2.77. The van der Waals surface area contributed by atoms with E-state index in [9.17, 15) is 9.59 Å². The van der Waals surface area contributed by atoms with Crippen molar-refractivity contribution in [3.05, 3.63) is 28.8 Å². The predicted octanol–water partition coefficient (Wildman–Crippen LogP) is 2.23. The first kappa shape index (κ1) is 20.3. The van der Waals surface area contributed by atoms with Gasteiger partial charge in [-0.2, -0.15) is 10.5 Å². The number of hydrogen-bond acceptors (Lipinski definition) is 6. The van der Waals surface area contributed by atoms with Gasteiger partial charge in [-0.15, -0.1) is 0 Å². The molecule has 0 bridgehead atoms. The summed E-state index contributed by atoms with van der Waals surface area (Å²) < 4.78 is 10.2. The molecule has 1 aromatic rings. The van der Waals surface area contributed by atoms with Crippen molar-refractivity contribution in [2.45, 2.75) is 19.8 Å². The zero-order chi connectivity index (χ0) is 18.7. The number of carbonyl (C=O) groups excluding carboxylic acids is 2. The van der Waals surface area contributed by atoms with E-state index >= 15 is 0 Å². The lowest BCUT2D eigenvalue weighted by Gasteiger charge is -2.20. The van der Waals surface area contributed by atoms with E-state index in [1.54, 1.807) is 25.1 Å². The number of ether oxygens (including phenoxy) is 2. The Labute approximate surface area is 151 Å². The topological polar surface area (TPSA) is 103 Å². The third-order valence-electron chi connectivity index (χ3n) is 3.18. The molecule has 0 spiro atoms. The monoisotopic (exact) mass is 363 g/mol. The molecular formula is C17H18ClN3O4. The molecule has 25 heavy (non-hydrogen) atoms. The molecule has 0 aromatic heterocycles. The highest BCUT2D eigenvalue weighted by Crippen LogP contribution is 2.21. The lowest BCUT2D eigenvalue weighted by Crippen LogP contribution is -2.36. The van der Waals surface area contributed by atoms with Crippen molar-refractivity contribution in [2.75, 3.05) is 26.3 Å². The summed E-state index contributed by atoms with van der Waals surface area (Å²) in [5, 5.41) is 17.8. The fourth-order valence-electron chi connectivity index (χ4n) is 1.92. The van der Waals surface area contributed by atoms with E-state index in [4.69, 9.17) is 31.6 Å². The molecule has 0 aliphatic heterocycles. The van der Waals surface area contributed by atoms with Crippen LogP contribution in [-0.4, -0.2) is 43.1 Å². The number of hydrogen-bond donors (Lipinski definition) is 0. The van der Waals surface area contributed by atoms with Gasteiger partial charge >= 0.3 is 5.97 Å². The molecule has 0 N–H and O–H groups in total. The second kappa shape index (κ2) is 10.9. The van der Waals surface area contributed by atoms with Gasteiger partial charge in [0.1, 0.15) is 5.75 Å². The molecule has 0 radical (unpaired) electrons. The number of esters is 1. The Kier molecular flexibility index (Phi) is 8.84. The van der Waals surface area contributed by atoms with E-state index in [-0.39, 0.29) is 32.5 Å². The number of amides is 1. The fourth-order valence-corrected chi connectivity index (χ4v) is 2.14. The lowest BCUT2D eigenvalue weighted by atomic mass is 10.2. The molecule has 0 aliphatic rings. The SMILES string of the molecule is Cc1cc(Cl)ccc1OCC(=O)OCC(=O)N(CCC#N)CCC#N. The number of nitriles is 2. The van der Waals surface area contributed by atoms with Crippen molar-refractivity contribution >= 4 is 23.5 Å². The summed E-state index contributed by atoms with van der Waals surface area (Å²) in [5.41, 5.74) is 0.774. The van der Waals surface area contributed by atoms with Gasteiger partial charge in [-0.25, -0.2) is 4.79 Å². The van der Waals surface area contributed by atoms with Crippen LogP contribution in [0.1, 0.15) is 18.4 Å². The number of rotatable bonds is 9. The maximum atomic E-state index is 12.0. The summed E-state index contributed by atoms with van der Waals surface area (Å²) in [4.78, 5) is 25.0. The molecular weight excluding hydrogens is 346 g/mol. The number of carbonyl (C=O) groups is 2. The van der Waals surface area contributed by atoms with Crippen LogP contribution >= 0.6 is 11.6 Å². The number of halogens is 1. The number of nitrogens with zero attached hydrogens (tertiary/aromatic N) is 3. The summed E-state index contributed by atoms with van der Waals surface area (Å²) in [7, 11) is 0. The molecule has 0 unspecified atom stereocenters. The van der Waals surface area contributed by atoms with Crippen molar-refractivity contribution in [2.24, 2.45) is 0 Å². The van der Waals surface area contributed by atoms with Crippen LogP contribution in [0, 0.1) is 29.6 Å². The zero-order valence-electron chi connectivity index (χ0n) is 13.8. The highest BCUT2D eigenvalue weighted by molar-refractivity contribution is 6.30. The molecule has 0 atom stereocenters. The molecule has 132 valence electrons. The largest absolute Gasteiger partial charge is 0.482 e. The van der Waals surface area contributed by atoms with E-state index in [1.807, 2.05) is 12.1 Å². The van der Waals surface area contributed by atoms with E-state index in [1.165, 1.54) is 4.90 Å². The Morgan fingerprint density at radius 3 is 2.36 bits per heavy atom. The van der Waals surface area contributed by atoms with Gasteiger partial charge in [0.25, 0.3) is 5.91 Å². The highest BCUT2D eigenvalue weighted by Gasteiger charge is 2.16. The fraction of sp³-hybridized carbons (Fsp3) is 0.412. The first-order valence-corrected chi connectivity index (χ1v) is 7.92. The third kappa shape index (κ3) is 7.56. The Morgan fingerprint density at radius 2 is 1.80 bits per heavy atom. The van der Waals surface area contributed by atoms with Gasteiger partial charge in [-0.1, -0.05) is 11.6 Å². The van der Waals surface area contributed by atoms with Crippen LogP contribution in [0.15, 0.2) is 18.2 Å². The molecule has 0 saturated heterocycles. The Morgan fingerprint density at radius 1 is 1.16 bits per heavy atom. The highest BCUT2D eigenvalue weighted by atomic mass is 35.5. The minimum absolute atomic E-state index is 0.143. The lowest BCUT2D eigenvalue weighted by molar-refractivity contribution is -0.153. The summed E-state index contributed by atoms with van der Waals surface area (Å²) in [6.07, 6.45) is 0.286. The standard InChI is InChI=1S/C17H18ClN3O4/c1-13-10-14(18)4-5-15(13)24-12-17(23)25-11-16(22)21(8-2-6-19)9-3-7-20/h4-5,10H,2-3,8-9,11-12H2,1H3. The second-order valence-electron chi connectivity index (χ2n) is 5.06. The van der Waals surface area contributed by atoms with E-state index < -0.39 is 18.5 Å². The first-order chi connectivity index (χ1) is 12.0. The predicted molar refractivity (Wildman–Crippen MR) is 89.7 cm³/mol. The van der Waals surface area contributed by atoms with Gasteiger partial charge < -0.3 is 14.4 Å². The number of aryl methyl sites for hydroxylation is 1. The summed E-state index contributed by atoms with van der Waals surface area (Å²) in [6.45, 7) is 1.37. The third-order valence-corrected chi connectivity index (χ3v) is 3.41. The van der Waals surface area contributed by atoms with Crippen LogP contribution in [0.4, 0.5) is 0 Å². The minimum atomic E-state index is -0.691. The van der Waals surface area contributed by atoms with Crippen LogP contribution in [0.25, 0.3) is 0 Å². The van der Waals surface area contributed by atoms with E-state index in [0.29, 0.717) is 10.8 Å². The summed E-state index contributed by atoms with van der Waals surface area (Å²) >= 11 is 5.84. The van der Waals surface area contributed by atoms with E-state index in [0.717, 1.165) is 5.56 Å². The normalized spacial score (nSPS) is 9.60. The zero-order valence-corrected chi connectivity index (χ0v) is 14.6. The van der Waals surface area contributed by atoms with Gasteiger partial charge in [0.05, 0.1) is 25.0 Å². The maximum absolute atomic E-state index is 12.0. The first-order valence-electron chi connectivity index (χ1n) is 7.54. The Bertz CT molecular complexity index is 676. The van der Waals surface area contributed by atoms with Gasteiger partial charge in [0.2, 0.25) is 0 Å². The average molecular weight is 364 g/mol. The molecule has 0 heterocycles. The maximum Gasteiger partial charge on any atom is 0.344 e. The van der Waals surface area contributed by atoms with Gasteiger partial charge in [-0.3, -0.25) is 4.79 Å². The summed E-state index contributed by atoms with van der Waals surface area (Å²) in [6, 6.07) is 8.84.